The molecular formula is C14H14FN3S. The maximum absolute atomic E-state index is 13.8. The van der Waals surface area contributed by atoms with Crippen molar-refractivity contribution in [2.45, 2.75) is 20.4 Å². The van der Waals surface area contributed by atoms with Crippen LogP contribution in [-0.2, 0) is 6.54 Å². The van der Waals surface area contributed by atoms with E-state index in [0.29, 0.717) is 5.52 Å². The van der Waals surface area contributed by atoms with Crippen LogP contribution in [0.5, 0.6) is 0 Å². The van der Waals surface area contributed by atoms with E-state index in [1.165, 1.54) is 17.4 Å². The lowest BCUT2D eigenvalue weighted by Gasteiger charge is -2.05. The molecule has 0 aliphatic heterocycles. The molecule has 0 unspecified atom stereocenters. The van der Waals surface area contributed by atoms with Crippen molar-refractivity contribution in [2.24, 2.45) is 0 Å². The first-order valence-electron chi connectivity index (χ1n) is 6.13. The molecule has 19 heavy (non-hydrogen) atoms. The van der Waals surface area contributed by atoms with Gasteiger partial charge < -0.3 is 10.3 Å². The minimum Gasteiger partial charge on any atom is -0.390 e. The molecule has 0 fully saturated rings. The zero-order valence-corrected chi connectivity index (χ0v) is 11.6. The Kier molecular flexibility index (Phi) is 2.78. The number of nitrogens with two attached hydrogens (primary N) is 1. The highest BCUT2D eigenvalue weighted by molar-refractivity contribution is 7.16. The van der Waals surface area contributed by atoms with Crippen molar-refractivity contribution < 1.29 is 4.39 Å². The van der Waals surface area contributed by atoms with E-state index in [-0.39, 0.29) is 5.82 Å². The number of para-hydroxylation sites is 1. The molecule has 0 amide bonds. The molecule has 0 aliphatic carbocycles. The van der Waals surface area contributed by atoms with Gasteiger partial charge >= 0.3 is 0 Å². The van der Waals surface area contributed by atoms with Gasteiger partial charge in [0.05, 0.1) is 16.1 Å². The number of aryl methyl sites for hydroxylation is 2. The lowest BCUT2D eigenvalue weighted by molar-refractivity contribution is 0.637. The van der Waals surface area contributed by atoms with E-state index in [2.05, 4.69) is 4.98 Å². The number of anilines is 1. The Balaban J connectivity index is 2.35. The van der Waals surface area contributed by atoms with Crippen molar-refractivity contribution in [1.29, 1.82) is 0 Å². The Morgan fingerprint density at radius 2 is 2.21 bits per heavy atom. The highest BCUT2D eigenvalue weighted by Gasteiger charge is 2.17. The van der Waals surface area contributed by atoms with Crippen molar-refractivity contribution >= 4 is 27.4 Å². The second-order valence-electron chi connectivity index (χ2n) is 4.42. The molecule has 3 aromatic rings. The van der Waals surface area contributed by atoms with Crippen LogP contribution in [0, 0.1) is 12.7 Å². The minimum atomic E-state index is -0.295. The fourth-order valence-electron chi connectivity index (χ4n) is 2.35. The predicted molar refractivity (Wildman–Crippen MR) is 77.8 cm³/mol. The fraction of sp³-hybridized carbons (Fsp3) is 0.214. The molecule has 0 bridgehead atoms. The molecule has 98 valence electrons. The molecule has 0 aliphatic rings. The Bertz CT molecular complexity index is 757. The van der Waals surface area contributed by atoms with Gasteiger partial charge in [-0.3, -0.25) is 0 Å². The van der Waals surface area contributed by atoms with E-state index in [9.17, 15) is 4.39 Å². The van der Waals surface area contributed by atoms with Gasteiger partial charge in [0.15, 0.2) is 5.82 Å². The van der Waals surface area contributed by atoms with Crippen molar-refractivity contribution in [3.63, 3.8) is 0 Å². The van der Waals surface area contributed by atoms with Gasteiger partial charge in [-0.15, -0.1) is 11.3 Å². The molecule has 0 spiro atoms. The summed E-state index contributed by atoms with van der Waals surface area (Å²) in [6.07, 6.45) is 0. The summed E-state index contributed by atoms with van der Waals surface area (Å²) in [7, 11) is 0. The average Bonchev–Trinajstić information content (AvgIpc) is 2.90. The van der Waals surface area contributed by atoms with Crippen LogP contribution in [0.15, 0.2) is 24.3 Å². The molecule has 2 N–H and O–H groups in total. The molecular weight excluding hydrogens is 261 g/mol. The molecule has 0 radical (unpaired) electrons. The molecule has 5 heteroatoms. The van der Waals surface area contributed by atoms with Gasteiger partial charge in [-0.2, -0.15) is 0 Å². The highest BCUT2D eigenvalue weighted by Crippen LogP contribution is 2.35. The standard InChI is InChI=1S/C14H14FN3S/c1-3-18-11-6-4-5-10(15)12(11)17-14(18)9-7-8(2)19-13(9)16/h4-7H,3,16H2,1-2H3. The monoisotopic (exact) mass is 275 g/mol. The lowest BCUT2D eigenvalue weighted by Crippen LogP contribution is -1.98. The molecule has 3 rings (SSSR count). The fourth-order valence-corrected chi connectivity index (χ4v) is 3.13. The summed E-state index contributed by atoms with van der Waals surface area (Å²) >= 11 is 1.53. The summed E-state index contributed by atoms with van der Waals surface area (Å²) in [6.45, 7) is 4.75. The van der Waals surface area contributed by atoms with Crippen LogP contribution in [0.2, 0.25) is 0 Å². The zero-order chi connectivity index (χ0) is 13.6. The Labute approximate surface area is 114 Å². The van der Waals surface area contributed by atoms with E-state index in [4.69, 9.17) is 5.73 Å². The van der Waals surface area contributed by atoms with E-state index in [1.807, 2.05) is 30.5 Å². The van der Waals surface area contributed by atoms with Gasteiger partial charge in [0.1, 0.15) is 11.3 Å². The molecule has 1 aromatic carbocycles. The number of aromatic nitrogens is 2. The van der Waals surface area contributed by atoms with Crippen LogP contribution in [0.4, 0.5) is 9.39 Å². The van der Waals surface area contributed by atoms with Crippen LogP contribution >= 0.6 is 11.3 Å². The number of halogens is 1. The maximum atomic E-state index is 13.8. The van der Waals surface area contributed by atoms with Crippen LogP contribution < -0.4 is 5.73 Å². The van der Waals surface area contributed by atoms with Crippen LogP contribution in [-0.4, -0.2) is 9.55 Å². The number of nitrogen functional groups attached to an aromatic ring is 1. The third-order valence-corrected chi connectivity index (χ3v) is 4.05. The van der Waals surface area contributed by atoms with Crippen molar-refractivity contribution in [3.05, 3.63) is 35.0 Å². The quantitative estimate of drug-likeness (QED) is 0.772. The topological polar surface area (TPSA) is 43.8 Å². The van der Waals surface area contributed by atoms with Crippen LogP contribution in [0.25, 0.3) is 22.4 Å². The molecule has 0 saturated carbocycles. The normalized spacial score (nSPS) is 11.3. The van der Waals surface area contributed by atoms with Crippen molar-refractivity contribution in [2.75, 3.05) is 5.73 Å². The third kappa shape index (κ3) is 1.81. The summed E-state index contributed by atoms with van der Waals surface area (Å²) in [5.74, 6) is 0.445. The van der Waals surface area contributed by atoms with Crippen molar-refractivity contribution in [3.8, 4) is 11.4 Å². The molecule has 3 nitrogen and oxygen atoms in total. The molecule has 2 aromatic heterocycles. The molecule has 0 saturated heterocycles. The van der Waals surface area contributed by atoms with E-state index < -0.39 is 0 Å². The summed E-state index contributed by atoms with van der Waals surface area (Å²) in [4.78, 5) is 5.57. The van der Waals surface area contributed by atoms with Gasteiger partial charge in [-0.05, 0) is 32.0 Å². The minimum absolute atomic E-state index is 0.295. The first-order chi connectivity index (χ1) is 9.11. The van der Waals surface area contributed by atoms with Gasteiger partial charge in [-0.1, -0.05) is 6.07 Å². The zero-order valence-electron chi connectivity index (χ0n) is 10.8. The highest BCUT2D eigenvalue weighted by atomic mass is 32.1. The second kappa shape index (κ2) is 4.35. The van der Waals surface area contributed by atoms with Crippen molar-refractivity contribution in [1.82, 2.24) is 9.55 Å². The lowest BCUT2D eigenvalue weighted by atomic mass is 10.2. The summed E-state index contributed by atoms with van der Waals surface area (Å²) < 4.78 is 15.8. The van der Waals surface area contributed by atoms with E-state index >= 15 is 0 Å². The number of thiophene rings is 1. The predicted octanol–water partition coefficient (Wildman–Crippen LogP) is 3.81. The Morgan fingerprint density at radius 1 is 1.42 bits per heavy atom. The number of hydrogen-bond acceptors (Lipinski definition) is 3. The number of imidazole rings is 1. The summed E-state index contributed by atoms with van der Waals surface area (Å²) in [5, 5.41) is 0.725. The second-order valence-corrected chi connectivity index (χ2v) is 5.71. The number of fused-ring (bicyclic) bond motifs is 1. The van der Waals surface area contributed by atoms with Gasteiger partial charge in [0.2, 0.25) is 0 Å². The van der Waals surface area contributed by atoms with Crippen LogP contribution in [0.3, 0.4) is 0 Å². The molecule has 0 atom stereocenters. The van der Waals surface area contributed by atoms with E-state index in [0.717, 1.165) is 33.3 Å². The van der Waals surface area contributed by atoms with Gasteiger partial charge in [0.25, 0.3) is 0 Å². The first kappa shape index (κ1) is 12.2. The van der Waals surface area contributed by atoms with Gasteiger partial charge in [0, 0.05) is 11.4 Å². The van der Waals surface area contributed by atoms with Gasteiger partial charge in [-0.25, -0.2) is 9.37 Å². The Morgan fingerprint density at radius 3 is 2.84 bits per heavy atom. The number of benzene rings is 1. The summed E-state index contributed by atoms with van der Waals surface area (Å²) in [5.41, 5.74) is 8.13. The smallest absolute Gasteiger partial charge is 0.151 e. The molecule has 2 heterocycles. The average molecular weight is 275 g/mol. The van der Waals surface area contributed by atoms with E-state index in [1.54, 1.807) is 6.07 Å². The number of hydrogen-bond donors (Lipinski definition) is 1. The first-order valence-corrected chi connectivity index (χ1v) is 6.94. The number of nitrogens with zero attached hydrogens (tertiary/aromatic N) is 2. The SMILES string of the molecule is CCn1c(-c2cc(C)sc2N)nc2c(F)cccc21. The van der Waals surface area contributed by atoms with Crippen LogP contribution in [0.1, 0.15) is 11.8 Å². The maximum Gasteiger partial charge on any atom is 0.151 e. The summed E-state index contributed by atoms with van der Waals surface area (Å²) in [6, 6.07) is 7.03. The Hall–Kier alpha value is -1.88. The largest absolute Gasteiger partial charge is 0.390 e. The number of rotatable bonds is 2. The third-order valence-electron chi connectivity index (χ3n) is 3.17.